The lowest BCUT2D eigenvalue weighted by Gasteiger charge is -2.05. The first-order chi connectivity index (χ1) is 7.59. The van der Waals surface area contributed by atoms with Crippen LogP contribution in [0.2, 0.25) is 5.02 Å². The van der Waals surface area contributed by atoms with E-state index in [1.165, 1.54) is 29.1 Å². The second-order valence-corrected chi connectivity index (χ2v) is 4.61. The molecule has 0 amide bonds. The number of tetrazole rings is 1. The monoisotopic (exact) mass is 260 g/mol. The molecule has 0 aliphatic heterocycles. The van der Waals surface area contributed by atoms with Crippen molar-refractivity contribution in [1.82, 2.24) is 20.2 Å². The minimum atomic E-state index is -1.33. The van der Waals surface area contributed by atoms with Gasteiger partial charge in [0.2, 0.25) is 0 Å². The zero-order chi connectivity index (χ0) is 11.7. The maximum Gasteiger partial charge on any atom is 0.365 e. The molecule has 2 aromatic rings. The first kappa shape index (κ1) is 11.3. The molecule has 1 atom stereocenters. The summed E-state index contributed by atoms with van der Waals surface area (Å²) in [5.41, 5.74) is 0.460. The van der Waals surface area contributed by atoms with Crippen LogP contribution >= 0.6 is 11.6 Å². The summed E-state index contributed by atoms with van der Waals surface area (Å²) in [4.78, 5) is 0. The van der Waals surface area contributed by atoms with Crippen LogP contribution < -0.4 is 0 Å². The maximum atomic E-state index is 12.9. The van der Waals surface area contributed by atoms with Gasteiger partial charge in [0.15, 0.2) is 0 Å². The third kappa shape index (κ3) is 2.01. The Morgan fingerprint density at radius 1 is 1.50 bits per heavy atom. The van der Waals surface area contributed by atoms with E-state index in [0.29, 0.717) is 5.69 Å². The molecule has 1 unspecified atom stereocenters. The van der Waals surface area contributed by atoms with Crippen LogP contribution in [0.3, 0.4) is 0 Å². The fourth-order valence-corrected chi connectivity index (χ4v) is 1.85. The van der Waals surface area contributed by atoms with Crippen molar-refractivity contribution >= 4 is 22.8 Å². The maximum absolute atomic E-state index is 12.9. The fourth-order valence-electron chi connectivity index (χ4n) is 1.14. The zero-order valence-corrected chi connectivity index (χ0v) is 9.67. The van der Waals surface area contributed by atoms with Gasteiger partial charge in [-0.05, 0) is 28.6 Å². The quantitative estimate of drug-likeness (QED) is 0.761. The van der Waals surface area contributed by atoms with Gasteiger partial charge in [-0.3, -0.25) is 0 Å². The minimum absolute atomic E-state index is 0.0409. The van der Waals surface area contributed by atoms with E-state index in [-0.39, 0.29) is 10.2 Å². The predicted octanol–water partition coefficient (Wildman–Crippen LogP) is 1.19. The largest absolute Gasteiger partial charge is 0.609 e. The lowest BCUT2D eigenvalue weighted by atomic mass is 10.3. The van der Waals surface area contributed by atoms with Crippen LogP contribution in [0.25, 0.3) is 5.69 Å². The number of nitrogens with zero attached hydrogens (tertiary/aromatic N) is 4. The van der Waals surface area contributed by atoms with Crippen LogP contribution in [0, 0.1) is 5.82 Å². The molecule has 0 saturated carbocycles. The number of halogens is 2. The molecule has 2 rings (SSSR count). The van der Waals surface area contributed by atoms with Crippen molar-refractivity contribution in [2.75, 3.05) is 6.26 Å². The summed E-state index contributed by atoms with van der Waals surface area (Å²) in [6.45, 7) is 0. The lowest BCUT2D eigenvalue weighted by molar-refractivity contribution is 0.585. The molecule has 1 heterocycles. The van der Waals surface area contributed by atoms with Crippen LogP contribution in [0.1, 0.15) is 0 Å². The summed E-state index contributed by atoms with van der Waals surface area (Å²) in [6.07, 6.45) is 1.45. The van der Waals surface area contributed by atoms with Gasteiger partial charge in [0, 0.05) is 11.2 Å². The molecule has 0 bridgehead atoms. The van der Waals surface area contributed by atoms with Gasteiger partial charge in [-0.1, -0.05) is 16.7 Å². The standard InChI is InChI=1S/C8H6ClFN4OS/c1-16(15)8-11-12-13-14(8)5-2-3-7(10)6(9)4-5/h2-4H,1H3. The van der Waals surface area contributed by atoms with Crippen molar-refractivity contribution in [3.05, 3.63) is 29.0 Å². The first-order valence-electron chi connectivity index (χ1n) is 4.17. The summed E-state index contributed by atoms with van der Waals surface area (Å²) in [5, 5.41) is 10.8. The Bertz CT molecular complexity index is 518. The molecular weight excluding hydrogens is 255 g/mol. The molecule has 8 heteroatoms. The highest BCUT2D eigenvalue weighted by Crippen LogP contribution is 2.19. The van der Waals surface area contributed by atoms with E-state index in [1.807, 2.05) is 0 Å². The molecule has 0 N–H and O–H groups in total. The molecule has 0 radical (unpaired) electrons. The van der Waals surface area contributed by atoms with Gasteiger partial charge in [-0.15, -0.1) is 0 Å². The molecule has 1 aromatic heterocycles. The highest BCUT2D eigenvalue weighted by molar-refractivity contribution is 7.90. The highest BCUT2D eigenvalue weighted by Gasteiger charge is 2.17. The van der Waals surface area contributed by atoms with Crippen LogP contribution in [0.5, 0.6) is 0 Å². The molecule has 84 valence electrons. The molecule has 0 aliphatic carbocycles. The van der Waals surface area contributed by atoms with E-state index in [4.69, 9.17) is 11.6 Å². The van der Waals surface area contributed by atoms with Crippen molar-refractivity contribution in [2.45, 2.75) is 5.16 Å². The Balaban J connectivity index is 2.50. The van der Waals surface area contributed by atoms with E-state index in [2.05, 4.69) is 15.5 Å². The molecule has 16 heavy (non-hydrogen) atoms. The van der Waals surface area contributed by atoms with Gasteiger partial charge < -0.3 is 4.55 Å². The summed E-state index contributed by atoms with van der Waals surface area (Å²) >= 11 is 4.30. The summed E-state index contributed by atoms with van der Waals surface area (Å²) in [5.74, 6) is -0.530. The minimum Gasteiger partial charge on any atom is -0.609 e. The summed E-state index contributed by atoms with van der Waals surface area (Å²) < 4.78 is 25.5. The highest BCUT2D eigenvalue weighted by atomic mass is 35.5. The van der Waals surface area contributed by atoms with Gasteiger partial charge in [-0.2, -0.15) is 4.68 Å². The molecular formula is C8H6ClFN4OS. The van der Waals surface area contributed by atoms with Crippen molar-refractivity contribution in [1.29, 1.82) is 0 Å². The lowest BCUT2D eigenvalue weighted by Crippen LogP contribution is -2.09. The molecule has 0 aliphatic rings. The van der Waals surface area contributed by atoms with E-state index in [9.17, 15) is 8.94 Å². The Hall–Kier alpha value is -1.18. The molecule has 0 saturated heterocycles. The van der Waals surface area contributed by atoms with Crippen molar-refractivity contribution in [3.63, 3.8) is 0 Å². The average Bonchev–Trinajstić information content (AvgIpc) is 2.71. The van der Waals surface area contributed by atoms with Crippen molar-refractivity contribution in [3.8, 4) is 5.69 Å². The van der Waals surface area contributed by atoms with Crippen LogP contribution in [0.4, 0.5) is 4.39 Å². The Labute approximate surface area is 98.4 Å². The van der Waals surface area contributed by atoms with Crippen LogP contribution in [0.15, 0.2) is 23.4 Å². The van der Waals surface area contributed by atoms with Crippen LogP contribution in [-0.2, 0) is 11.2 Å². The van der Waals surface area contributed by atoms with E-state index in [0.717, 1.165) is 0 Å². The normalized spacial score (nSPS) is 12.8. The number of hydrogen-bond donors (Lipinski definition) is 0. The van der Waals surface area contributed by atoms with Gasteiger partial charge in [0.05, 0.1) is 10.7 Å². The van der Waals surface area contributed by atoms with Crippen molar-refractivity contribution < 1.29 is 8.94 Å². The molecule has 1 aromatic carbocycles. The fraction of sp³-hybridized carbons (Fsp3) is 0.125. The smallest absolute Gasteiger partial charge is 0.365 e. The third-order valence-corrected chi connectivity index (χ3v) is 2.90. The second kappa shape index (κ2) is 4.36. The Morgan fingerprint density at radius 2 is 2.25 bits per heavy atom. The SMILES string of the molecule is C[S+]([O-])c1nnnn1-c1ccc(F)c(Cl)c1. The van der Waals surface area contributed by atoms with E-state index in [1.54, 1.807) is 0 Å². The Kier molecular flexibility index (Phi) is 3.08. The van der Waals surface area contributed by atoms with Gasteiger partial charge in [0.25, 0.3) is 0 Å². The van der Waals surface area contributed by atoms with E-state index < -0.39 is 17.0 Å². The zero-order valence-electron chi connectivity index (χ0n) is 8.09. The number of hydrogen-bond acceptors (Lipinski definition) is 4. The average molecular weight is 261 g/mol. The van der Waals surface area contributed by atoms with Gasteiger partial charge in [0.1, 0.15) is 12.1 Å². The van der Waals surface area contributed by atoms with Crippen molar-refractivity contribution in [2.24, 2.45) is 0 Å². The third-order valence-electron chi connectivity index (χ3n) is 1.85. The number of benzene rings is 1. The predicted molar refractivity (Wildman–Crippen MR) is 56.5 cm³/mol. The Morgan fingerprint density at radius 3 is 2.88 bits per heavy atom. The number of aromatic nitrogens is 4. The first-order valence-corrected chi connectivity index (χ1v) is 6.10. The molecule has 5 nitrogen and oxygen atoms in total. The summed E-state index contributed by atoms with van der Waals surface area (Å²) in [6, 6.07) is 4.01. The summed E-state index contributed by atoms with van der Waals surface area (Å²) in [7, 11) is 0. The molecule has 0 fully saturated rings. The second-order valence-electron chi connectivity index (χ2n) is 2.93. The topological polar surface area (TPSA) is 66.7 Å². The van der Waals surface area contributed by atoms with Crippen LogP contribution in [-0.4, -0.2) is 31.0 Å². The van der Waals surface area contributed by atoms with Gasteiger partial charge >= 0.3 is 5.16 Å². The van der Waals surface area contributed by atoms with Gasteiger partial charge in [-0.25, -0.2) is 4.39 Å². The van der Waals surface area contributed by atoms with E-state index >= 15 is 0 Å². The molecule has 0 spiro atoms. The number of rotatable bonds is 2.